The molecule has 0 radical (unpaired) electrons. The van der Waals surface area contributed by atoms with Crippen molar-refractivity contribution in [2.24, 2.45) is 5.73 Å². The summed E-state index contributed by atoms with van der Waals surface area (Å²) in [7, 11) is 1.68. The largest absolute Gasteiger partial charge is 0.382 e. The van der Waals surface area contributed by atoms with Crippen LogP contribution >= 0.6 is 0 Å². The number of amides is 1. The first kappa shape index (κ1) is 15.7. The van der Waals surface area contributed by atoms with Crippen LogP contribution in [-0.2, 0) is 11.2 Å². The third kappa shape index (κ3) is 4.65. The van der Waals surface area contributed by atoms with E-state index in [-0.39, 0.29) is 12.5 Å². The van der Waals surface area contributed by atoms with Crippen molar-refractivity contribution in [1.29, 1.82) is 0 Å². The highest BCUT2D eigenvalue weighted by Gasteiger charge is 2.17. The number of hydrogen-bond acceptors (Lipinski definition) is 3. The zero-order valence-corrected chi connectivity index (χ0v) is 12.0. The summed E-state index contributed by atoms with van der Waals surface area (Å²) in [4.78, 5) is 13.2. The monoisotopic (exact) mass is 264 g/mol. The Morgan fingerprint density at radius 1 is 1.32 bits per heavy atom. The normalized spacial score (nSPS) is 12.5. The summed E-state index contributed by atoms with van der Waals surface area (Å²) in [6, 6.07) is 8.42. The van der Waals surface area contributed by atoms with Gasteiger partial charge < -0.3 is 15.7 Å². The van der Waals surface area contributed by atoms with Crippen LogP contribution in [0.1, 0.15) is 30.9 Å². The van der Waals surface area contributed by atoms with E-state index in [1.807, 2.05) is 0 Å². The minimum Gasteiger partial charge on any atom is -0.382 e. The van der Waals surface area contributed by atoms with Crippen molar-refractivity contribution in [3.63, 3.8) is 0 Å². The van der Waals surface area contributed by atoms with Crippen LogP contribution < -0.4 is 5.73 Å². The second-order valence-corrected chi connectivity index (χ2v) is 5.16. The van der Waals surface area contributed by atoms with Crippen molar-refractivity contribution >= 4 is 5.91 Å². The fourth-order valence-electron chi connectivity index (χ4n) is 1.83. The van der Waals surface area contributed by atoms with Gasteiger partial charge in [0, 0.05) is 20.1 Å². The average molecular weight is 264 g/mol. The van der Waals surface area contributed by atoms with Gasteiger partial charge in [-0.25, -0.2) is 0 Å². The fraction of sp³-hybridized carbons (Fsp3) is 0.533. The third-order valence-electron chi connectivity index (χ3n) is 3.27. The van der Waals surface area contributed by atoms with Gasteiger partial charge >= 0.3 is 0 Å². The minimum atomic E-state index is -1.09. The quantitative estimate of drug-likeness (QED) is 0.809. The Labute approximate surface area is 115 Å². The van der Waals surface area contributed by atoms with Gasteiger partial charge in [-0.15, -0.1) is 0 Å². The van der Waals surface area contributed by atoms with Crippen LogP contribution in [0.2, 0.25) is 0 Å². The Kier molecular flexibility index (Phi) is 5.99. The summed E-state index contributed by atoms with van der Waals surface area (Å²) >= 11 is 0. The molecule has 1 atom stereocenters. The number of nitrogens with zero attached hydrogens (tertiary/aromatic N) is 1. The molecule has 0 spiro atoms. The molecule has 19 heavy (non-hydrogen) atoms. The van der Waals surface area contributed by atoms with Gasteiger partial charge in [0.25, 0.3) is 5.91 Å². The van der Waals surface area contributed by atoms with E-state index in [0.717, 1.165) is 6.42 Å². The average Bonchev–Trinajstić information content (AvgIpc) is 2.43. The van der Waals surface area contributed by atoms with Crippen molar-refractivity contribution in [2.75, 3.05) is 20.1 Å². The van der Waals surface area contributed by atoms with Gasteiger partial charge in [-0.3, -0.25) is 4.79 Å². The maximum Gasteiger partial charge on any atom is 0.252 e. The molecule has 1 unspecified atom stereocenters. The van der Waals surface area contributed by atoms with Gasteiger partial charge in [0.2, 0.25) is 0 Å². The van der Waals surface area contributed by atoms with Crippen LogP contribution in [0, 0.1) is 0 Å². The molecule has 3 N–H and O–H groups in total. The molecule has 0 saturated carbocycles. The topological polar surface area (TPSA) is 66.6 Å². The van der Waals surface area contributed by atoms with E-state index in [1.165, 1.54) is 16.0 Å². The van der Waals surface area contributed by atoms with Crippen molar-refractivity contribution in [1.82, 2.24) is 4.90 Å². The summed E-state index contributed by atoms with van der Waals surface area (Å²) < 4.78 is 0. The molecule has 4 nitrogen and oxygen atoms in total. The molecular weight excluding hydrogens is 240 g/mol. The number of carbonyl (C=O) groups is 1. The lowest BCUT2D eigenvalue weighted by Gasteiger charge is -2.20. The number of benzene rings is 1. The molecule has 1 amide bonds. The van der Waals surface area contributed by atoms with E-state index in [9.17, 15) is 9.90 Å². The number of aliphatic hydroxyl groups is 1. The molecule has 0 heterocycles. The zero-order valence-electron chi connectivity index (χ0n) is 12.0. The summed E-state index contributed by atoms with van der Waals surface area (Å²) in [5.41, 5.74) is 7.76. The van der Waals surface area contributed by atoms with E-state index < -0.39 is 6.10 Å². The number of likely N-dealkylation sites (N-methyl/N-ethyl adjacent to an activating group) is 1. The first-order chi connectivity index (χ1) is 8.95. The molecule has 0 fully saturated rings. The number of rotatable bonds is 6. The Bertz CT molecular complexity index is 401. The predicted octanol–water partition coefficient (Wildman–Crippen LogP) is 1.13. The summed E-state index contributed by atoms with van der Waals surface area (Å²) in [5.74, 6) is 0.208. The van der Waals surface area contributed by atoms with Crippen LogP contribution in [0.3, 0.4) is 0 Å². The predicted molar refractivity (Wildman–Crippen MR) is 76.9 cm³/mol. The molecule has 0 aliphatic heterocycles. The standard InChI is InChI=1S/C15H24N2O2/c1-11(2)13-6-4-12(5-7-13)8-9-17(3)15(19)14(18)10-16/h4-7,11,14,18H,8-10,16H2,1-3H3. The second kappa shape index (κ2) is 7.26. The Morgan fingerprint density at radius 2 is 1.89 bits per heavy atom. The first-order valence-electron chi connectivity index (χ1n) is 6.67. The SMILES string of the molecule is CC(C)c1ccc(CCN(C)C(=O)C(O)CN)cc1. The molecule has 4 heteroatoms. The number of nitrogens with two attached hydrogens (primary N) is 1. The minimum absolute atomic E-state index is 0.0355. The summed E-state index contributed by atoms with van der Waals surface area (Å²) in [5, 5.41) is 9.38. The fourth-order valence-corrected chi connectivity index (χ4v) is 1.83. The second-order valence-electron chi connectivity index (χ2n) is 5.16. The molecule has 106 valence electrons. The Hall–Kier alpha value is -1.39. The molecule has 0 saturated heterocycles. The Morgan fingerprint density at radius 3 is 2.37 bits per heavy atom. The number of aliphatic hydroxyl groups excluding tert-OH is 1. The zero-order chi connectivity index (χ0) is 14.4. The van der Waals surface area contributed by atoms with Crippen LogP contribution in [-0.4, -0.2) is 42.2 Å². The highest BCUT2D eigenvalue weighted by atomic mass is 16.3. The van der Waals surface area contributed by atoms with E-state index >= 15 is 0 Å². The molecule has 0 aliphatic rings. The highest BCUT2D eigenvalue weighted by Crippen LogP contribution is 2.15. The van der Waals surface area contributed by atoms with Crippen molar-refractivity contribution in [2.45, 2.75) is 32.3 Å². The van der Waals surface area contributed by atoms with E-state index in [2.05, 4.69) is 38.1 Å². The van der Waals surface area contributed by atoms with Gasteiger partial charge in [0.05, 0.1) is 0 Å². The third-order valence-corrected chi connectivity index (χ3v) is 3.27. The van der Waals surface area contributed by atoms with Crippen LogP contribution in [0.15, 0.2) is 24.3 Å². The molecule has 0 aromatic heterocycles. The van der Waals surface area contributed by atoms with Crippen LogP contribution in [0.4, 0.5) is 0 Å². The maximum atomic E-state index is 11.6. The lowest BCUT2D eigenvalue weighted by atomic mass is 10.0. The molecular formula is C15H24N2O2. The van der Waals surface area contributed by atoms with Crippen LogP contribution in [0.25, 0.3) is 0 Å². The molecule has 1 aromatic rings. The highest BCUT2D eigenvalue weighted by molar-refractivity contribution is 5.80. The first-order valence-corrected chi connectivity index (χ1v) is 6.67. The van der Waals surface area contributed by atoms with Crippen LogP contribution in [0.5, 0.6) is 0 Å². The van der Waals surface area contributed by atoms with Gasteiger partial charge in [0.1, 0.15) is 6.10 Å². The molecule has 1 rings (SSSR count). The summed E-state index contributed by atoms with van der Waals surface area (Å²) in [6.07, 6.45) is -0.314. The van der Waals surface area contributed by atoms with Crippen molar-refractivity contribution < 1.29 is 9.90 Å². The van der Waals surface area contributed by atoms with Gasteiger partial charge in [-0.1, -0.05) is 38.1 Å². The van der Waals surface area contributed by atoms with Gasteiger partial charge in [0.15, 0.2) is 0 Å². The van der Waals surface area contributed by atoms with Crippen molar-refractivity contribution in [3.8, 4) is 0 Å². The van der Waals surface area contributed by atoms with E-state index in [4.69, 9.17) is 5.73 Å². The smallest absolute Gasteiger partial charge is 0.252 e. The molecule has 0 aliphatic carbocycles. The maximum absolute atomic E-state index is 11.6. The van der Waals surface area contributed by atoms with E-state index in [0.29, 0.717) is 12.5 Å². The van der Waals surface area contributed by atoms with Gasteiger partial charge in [-0.05, 0) is 23.5 Å². The molecule has 0 bridgehead atoms. The lowest BCUT2D eigenvalue weighted by molar-refractivity contribution is -0.138. The van der Waals surface area contributed by atoms with E-state index in [1.54, 1.807) is 7.05 Å². The number of hydrogen-bond donors (Lipinski definition) is 2. The Balaban J connectivity index is 2.50. The number of carbonyl (C=O) groups excluding carboxylic acids is 1. The van der Waals surface area contributed by atoms with Gasteiger partial charge in [-0.2, -0.15) is 0 Å². The molecule has 1 aromatic carbocycles. The van der Waals surface area contributed by atoms with Crippen molar-refractivity contribution in [3.05, 3.63) is 35.4 Å². The lowest BCUT2D eigenvalue weighted by Crippen LogP contribution is -2.41. The summed E-state index contributed by atoms with van der Waals surface area (Å²) in [6.45, 7) is 4.87.